The number of benzene rings is 2. The Morgan fingerprint density at radius 2 is 2.06 bits per heavy atom. The Bertz CT molecular complexity index is 1130. The summed E-state index contributed by atoms with van der Waals surface area (Å²) in [5.74, 6) is -0.647. The molecule has 0 bridgehead atoms. The summed E-state index contributed by atoms with van der Waals surface area (Å²) in [6, 6.07) is 11.0. The number of aliphatic hydroxyl groups is 1. The zero-order chi connectivity index (χ0) is 23.8. The molecule has 1 atom stereocenters. The molecule has 0 radical (unpaired) electrons. The van der Waals surface area contributed by atoms with E-state index in [1.54, 1.807) is 18.3 Å². The highest BCUT2D eigenvalue weighted by molar-refractivity contribution is 6.20. The number of H-pyrrole nitrogens is 1. The first-order valence-corrected chi connectivity index (χ1v) is 10.8. The van der Waals surface area contributed by atoms with Crippen molar-refractivity contribution in [3.8, 4) is 17.0 Å². The number of aliphatic hydroxyl groups excluding tert-OH is 1. The molecule has 0 spiro atoms. The molecule has 0 saturated heterocycles. The fraction of sp³-hybridized carbons (Fsp3) is 0.304. The Hall–Kier alpha value is -3.17. The van der Waals surface area contributed by atoms with Gasteiger partial charge in [-0.15, -0.1) is 8.78 Å². The van der Waals surface area contributed by atoms with Crippen molar-refractivity contribution in [3.63, 3.8) is 0 Å². The summed E-state index contributed by atoms with van der Waals surface area (Å²) in [5, 5.41) is 19.7. The molecular weight excluding hydrogens is 454 g/mol. The maximum absolute atomic E-state index is 13.1. The van der Waals surface area contributed by atoms with Gasteiger partial charge in [-0.05, 0) is 61.9 Å². The molecule has 7 nitrogen and oxygen atoms in total. The lowest BCUT2D eigenvalue weighted by Gasteiger charge is -2.26. The van der Waals surface area contributed by atoms with Crippen LogP contribution in [0.5, 0.6) is 5.75 Å². The summed E-state index contributed by atoms with van der Waals surface area (Å²) < 4.78 is 29.9. The number of carbonyl (C=O) groups excluding carboxylic acids is 1. The first-order valence-electron chi connectivity index (χ1n) is 10.4. The zero-order valence-corrected chi connectivity index (χ0v) is 18.7. The van der Waals surface area contributed by atoms with Crippen LogP contribution < -0.4 is 15.0 Å². The molecule has 4 rings (SSSR count). The number of hydrogen-bond acceptors (Lipinski definition) is 5. The smallest absolute Gasteiger partial charge is 0.420 e. The summed E-state index contributed by atoms with van der Waals surface area (Å²) >= 11 is 4.78. The summed E-state index contributed by atoms with van der Waals surface area (Å²) in [6.45, 7) is 4.75. The van der Waals surface area contributed by atoms with E-state index >= 15 is 0 Å². The van der Waals surface area contributed by atoms with Gasteiger partial charge in [0.2, 0.25) is 0 Å². The zero-order valence-electron chi connectivity index (χ0n) is 18.0. The molecule has 33 heavy (non-hydrogen) atoms. The Labute approximate surface area is 194 Å². The van der Waals surface area contributed by atoms with Crippen LogP contribution in [0.1, 0.15) is 35.7 Å². The largest absolute Gasteiger partial charge is 0.487 e. The number of alkyl halides is 3. The van der Waals surface area contributed by atoms with Gasteiger partial charge in [-0.3, -0.25) is 9.89 Å². The minimum absolute atomic E-state index is 0.0453. The van der Waals surface area contributed by atoms with Crippen LogP contribution in [-0.4, -0.2) is 46.0 Å². The van der Waals surface area contributed by atoms with E-state index in [-0.39, 0.29) is 30.2 Å². The number of ether oxygens (including phenoxy) is 1. The third-order valence-corrected chi connectivity index (χ3v) is 5.60. The highest BCUT2D eigenvalue weighted by atomic mass is 35.5. The number of aromatic amines is 1. The maximum Gasteiger partial charge on any atom is 0.487 e. The lowest BCUT2D eigenvalue weighted by atomic mass is 9.95. The average Bonchev–Trinajstić information content (AvgIpc) is 3.41. The van der Waals surface area contributed by atoms with Crippen LogP contribution in [0.25, 0.3) is 11.3 Å². The molecule has 2 aromatic carbocycles. The van der Waals surface area contributed by atoms with Crippen LogP contribution in [0.15, 0.2) is 48.7 Å². The van der Waals surface area contributed by atoms with E-state index in [0.29, 0.717) is 17.8 Å². The van der Waals surface area contributed by atoms with Crippen LogP contribution in [0.3, 0.4) is 0 Å². The minimum Gasteiger partial charge on any atom is -0.420 e. The first-order chi connectivity index (χ1) is 15.7. The van der Waals surface area contributed by atoms with E-state index in [1.165, 1.54) is 24.3 Å². The predicted octanol–water partition coefficient (Wildman–Crippen LogP) is 4.80. The van der Waals surface area contributed by atoms with Crippen LogP contribution in [-0.2, 0) is 0 Å². The van der Waals surface area contributed by atoms with Crippen molar-refractivity contribution in [2.24, 2.45) is 0 Å². The van der Waals surface area contributed by atoms with E-state index in [1.807, 2.05) is 6.07 Å². The molecule has 0 saturated carbocycles. The van der Waals surface area contributed by atoms with Crippen LogP contribution in [0.4, 0.5) is 20.2 Å². The SMILES string of the molecule is CC(C)N1CC(CO)c2cc(C(=O)Nc3ccc(OC(F)(F)Cl)cc3)cc(-c3ccn[nH]3)c21. The molecule has 1 aliphatic rings. The summed E-state index contributed by atoms with van der Waals surface area (Å²) in [4.78, 5) is 15.3. The fourth-order valence-corrected chi connectivity index (χ4v) is 4.12. The average molecular weight is 477 g/mol. The second-order valence-electron chi connectivity index (χ2n) is 8.08. The monoisotopic (exact) mass is 476 g/mol. The molecule has 1 aliphatic heterocycles. The third-order valence-electron chi connectivity index (χ3n) is 5.53. The van der Waals surface area contributed by atoms with E-state index in [0.717, 1.165) is 22.5 Å². The van der Waals surface area contributed by atoms with Crippen molar-refractivity contribution >= 4 is 28.9 Å². The Balaban J connectivity index is 1.67. The normalized spacial score (nSPS) is 15.6. The fourth-order valence-electron chi connectivity index (χ4n) is 4.03. The minimum atomic E-state index is -3.81. The molecule has 3 N–H and O–H groups in total. The molecule has 3 aromatic rings. The molecule has 1 aromatic heterocycles. The number of fused-ring (bicyclic) bond motifs is 1. The predicted molar refractivity (Wildman–Crippen MR) is 122 cm³/mol. The summed E-state index contributed by atoms with van der Waals surface area (Å²) in [6.07, 6.45) is 1.64. The van der Waals surface area contributed by atoms with Crippen molar-refractivity contribution < 1.29 is 23.4 Å². The van der Waals surface area contributed by atoms with Gasteiger partial charge >= 0.3 is 5.57 Å². The summed E-state index contributed by atoms with van der Waals surface area (Å²) in [7, 11) is 0. The van der Waals surface area contributed by atoms with Gasteiger partial charge in [0.05, 0.1) is 18.0 Å². The van der Waals surface area contributed by atoms with Gasteiger partial charge in [0.1, 0.15) is 5.75 Å². The second kappa shape index (κ2) is 8.99. The highest BCUT2D eigenvalue weighted by Gasteiger charge is 2.34. The lowest BCUT2D eigenvalue weighted by Crippen LogP contribution is -2.30. The van der Waals surface area contributed by atoms with Crippen molar-refractivity contribution in [3.05, 3.63) is 59.8 Å². The number of halogens is 3. The Morgan fingerprint density at radius 1 is 1.33 bits per heavy atom. The molecule has 2 heterocycles. The van der Waals surface area contributed by atoms with Gasteiger partial charge in [-0.2, -0.15) is 5.10 Å². The number of nitrogens with zero attached hydrogens (tertiary/aromatic N) is 2. The van der Waals surface area contributed by atoms with Gasteiger partial charge in [0, 0.05) is 53.1 Å². The van der Waals surface area contributed by atoms with Gasteiger partial charge in [-0.25, -0.2) is 0 Å². The number of amides is 1. The Morgan fingerprint density at radius 3 is 2.64 bits per heavy atom. The molecule has 0 fully saturated rings. The standard InChI is InChI=1S/C23H23ClF2N4O3/c1-13(2)30-11-15(12-31)18-9-14(10-19(21(18)30)20-7-8-27-29-20)22(32)28-16-3-5-17(6-4-16)33-23(24,25)26/h3-10,13,15,31H,11-12H2,1-2H3,(H,27,29)(H,28,32). The number of aromatic nitrogens is 2. The topological polar surface area (TPSA) is 90.5 Å². The van der Waals surface area contributed by atoms with Crippen molar-refractivity contribution in [1.82, 2.24) is 10.2 Å². The number of rotatable bonds is 7. The van der Waals surface area contributed by atoms with Crippen LogP contribution >= 0.6 is 11.6 Å². The second-order valence-corrected chi connectivity index (χ2v) is 8.52. The van der Waals surface area contributed by atoms with Gasteiger partial charge in [-0.1, -0.05) is 0 Å². The lowest BCUT2D eigenvalue weighted by molar-refractivity contribution is -0.0964. The number of anilines is 2. The van der Waals surface area contributed by atoms with Crippen LogP contribution in [0.2, 0.25) is 0 Å². The Kier molecular flexibility index (Phi) is 6.27. The molecule has 174 valence electrons. The van der Waals surface area contributed by atoms with E-state index < -0.39 is 5.57 Å². The van der Waals surface area contributed by atoms with Gasteiger partial charge in [0.25, 0.3) is 5.91 Å². The van der Waals surface area contributed by atoms with Crippen LogP contribution in [0, 0.1) is 0 Å². The van der Waals surface area contributed by atoms with E-state index in [4.69, 9.17) is 11.6 Å². The first kappa shape index (κ1) is 23.0. The third kappa shape index (κ3) is 4.94. The number of nitrogens with one attached hydrogen (secondary N) is 2. The summed E-state index contributed by atoms with van der Waals surface area (Å²) in [5.41, 5.74) is 0.406. The molecule has 10 heteroatoms. The maximum atomic E-state index is 13.1. The number of carbonyl (C=O) groups is 1. The van der Waals surface area contributed by atoms with Gasteiger partial charge < -0.3 is 20.1 Å². The van der Waals surface area contributed by atoms with E-state index in [2.05, 4.69) is 39.0 Å². The van der Waals surface area contributed by atoms with Crippen molar-refractivity contribution in [2.45, 2.75) is 31.4 Å². The highest BCUT2D eigenvalue weighted by Crippen LogP contribution is 2.44. The molecule has 1 unspecified atom stereocenters. The van der Waals surface area contributed by atoms with E-state index in [9.17, 15) is 18.7 Å². The quantitative estimate of drug-likeness (QED) is 0.426. The molecule has 1 amide bonds. The number of hydrogen-bond donors (Lipinski definition) is 3. The van der Waals surface area contributed by atoms with Gasteiger partial charge in [0.15, 0.2) is 0 Å². The molecular formula is C23H23ClF2N4O3. The molecule has 0 aliphatic carbocycles. The van der Waals surface area contributed by atoms with Crippen molar-refractivity contribution in [2.75, 3.05) is 23.4 Å². The van der Waals surface area contributed by atoms with Crippen molar-refractivity contribution in [1.29, 1.82) is 0 Å².